The van der Waals surface area contributed by atoms with Crippen molar-refractivity contribution < 1.29 is 23.0 Å². The Hall–Kier alpha value is -2.92. The van der Waals surface area contributed by atoms with Crippen molar-refractivity contribution in [1.82, 2.24) is 0 Å². The molecule has 2 aromatic rings. The van der Waals surface area contributed by atoms with Gasteiger partial charge in [-0.2, -0.15) is 0 Å². The first-order valence-electron chi connectivity index (χ1n) is 6.45. The summed E-state index contributed by atoms with van der Waals surface area (Å²) in [6, 6.07) is 6.27. The van der Waals surface area contributed by atoms with E-state index in [1.165, 1.54) is 7.11 Å². The number of rotatable bonds is 6. The summed E-state index contributed by atoms with van der Waals surface area (Å²) in [6.07, 6.45) is 0. The third-order valence-electron chi connectivity index (χ3n) is 3.06. The second-order valence-electron chi connectivity index (χ2n) is 4.62. The van der Waals surface area contributed by atoms with Crippen molar-refractivity contribution in [3.63, 3.8) is 0 Å². The molecule has 0 fully saturated rings. The summed E-state index contributed by atoms with van der Waals surface area (Å²) in [5.74, 6) is -0.0822. The number of nitro benzene ring substituents is 2. The first kappa shape index (κ1) is 18.4. The van der Waals surface area contributed by atoms with E-state index in [4.69, 9.17) is 16.3 Å². The highest BCUT2D eigenvalue weighted by Crippen LogP contribution is 2.32. The lowest BCUT2D eigenvalue weighted by Gasteiger charge is -2.11. The number of ether oxygens (including phenoxy) is 1. The summed E-state index contributed by atoms with van der Waals surface area (Å²) in [5, 5.41) is 21.4. The second kappa shape index (κ2) is 6.91. The SMILES string of the molecule is COc1cc([N+](=O)[O-])ccc1NS(=O)(=O)c1ccc(Cl)c([N+](=O)[O-])c1. The molecule has 2 aromatic carbocycles. The number of non-ortho nitro benzene ring substituents is 1. The maximum absolute atomic E-state index is 12.4. The van der Waals surface area contributed by atoms with Gasteiger partial charge in [0.15, 0.2) is 0 Å². The van der Waals surface area contributed by atoms with Crippen molar-refractivity contribution in [3.05, 3.63) is 61.6 Å². The van der Waals surface area contributed by atoms with Gasteiger partial charge in [0.1, 0.15) is 10.8 Å². The highest BCUT2D eigenvalue weighted by molar-refractivity contribution is 7.92. The van der Waals surface area contributed by atoms with Gasteiger partial charge in [0, 0.05) is 12.1 Å². The Kier molecular flexibility index (Phi) is 5.09. The molecular weight excluding hydrogens is 378 g/mol. The summed E-state index contributed by atoms with van der Waals surface area (Å²) < 4.78 is 31.9. The van der Waals surface area contributed by atoms with Gasteiger partial charge in [-0.05, 0) is 18.2 Å². The van der Waals surface area contributed by atoms with Crippen molar-refractivity contribution in [3.8, 4) is 5.75 Å². The van der Waals surface area contributed by atoms with Gasteiger partial charge in [-0.3, -0.25) is 25.0 Å². The summed E-state index contributed by atoms with van der Waals surface area (Å²) in [5.41, 5.74) is -0.923. The van der Waals surface area contributed by atoms with Gasteiger partial charge in [0.2, 0.25) is 0 Å². The van der Waals surface area contributed by atoms with E-state index in [0.29, 0.717) is 0 Å². The van der Waals surface area contributed by atoms with Gasteiger partial charge in [0.05, 0.1) is 33.6 Å². The fourth-order valence-electron chi connectivity index (χ4n) is 1.88. The third kappa shape index (κ3) is 3.95. The Morgan fingerprint density at radius 1 is 1.08 bits per heavy atom. The highest BCUT2D eigenvalue weighted by atomic mass is 35.5. The Morgan fingerprint density at radius 3 is 2.32 bits per heavy atom. The minimum absolute atomic E-state index is 0.0642. The van der Waals surface area contributed by atoms with Gasteiger partial charge in [0.25, 0.3) is 21.4 Å². The number of hydrogen-bond donors (Lipinski definition) is 1. The number of nitrogens with one attached hydrogen (secondary N) is 1. The van der Waals surface area contributed by atoms with E-state index in [9.17, 15) is 28.6 Å². The fraction of sp³-hybridized carbons (Fsp3) is 0.0769. The lowest BCUT2D eigenvalue weighted by Crippen LogP contribution is -2.14. The lowest BCUT2D eigenvalue weighted by atomic mass is 10.2. The normalized spacial score (nSPS) is 11.0. The largest absolute Gasteiger partial charge is 0.494 e. The predicted octanol–water partition coefficient (Wildman–Crippen LogP) is 2.97. The molecule has 0 amide bonds. The van der Waals surface area contributed by atoms with Crippen LogP contribution in [0.4, 0.5) is 17.1 Å². The summed E-state index contributed by atoms with van der Waals surface area (Å²) in [4.78, 5) is 19.8. The molecule has 0 aliphatic heterocycles. The van der Waals surface area contributed by atoms with Crippen molar-refractivity contribution in [2.75, 3.05) is 11.8 Å². The van der Waals surface area contributed by atoms with Gasteiger partial charge in [-0.15, -0.1) is 0 Å². The molecule has 0 saturated heterocycles. The summed E-state index contributed by atoms with van der Waals surface area (Å²) in [6.45, 7) is 0. The number of nitrogens with zero attached hydrogens (tertiary/aromatic N) is 2. The number of anilines is 1. The third-order valence-corrected chi connectivity index (χ3v) is 4.75. The van der Waals surface area contributed by atoms with Crippen LogP contribution in [0.5, 0.6) is 5.75 Å². The summed E-state index contributed by atoms with van der Waals surface area (Å²) in [7, 11) is -3.00. The number of benzene rings is 2. The second-order valence-corrected chi connectivity index (χ2v) is 6.71. The molecule has 0 atom stereocenters. The first-order valence-corrected chi connectivity index (χ1v) is 8.31. The minimum atomic E-state index is -4.21. The zero-order valence-corrected chi connectivity index (χ0v) is 14.1. The van der Waals surface area contributed by atoms with Crippen LogP contribution in [-0.2, 0) is 10.0 Å². The predicted molar refractivity (Wildman–Crippen MR) is 88.6 cm³/mol. The Morgan fingerprint density at radius 2 is 1.76 bits per heavy atom. The average molecular weight is 388 g/mol. The van der Waals surface area contributed by atoms with Gasteiger partial charge in [-0.1, -0.05) is 11.6 Å². The molecule has 0 unspecified atom stereocenters. The van der Waals surface area contributed by atoms with Crippen LogP contribution in [0.2, 0.25) is 5.02 Å². The van der Waals surface area contributed by atoms with Crippen molar-refractivity contribution in [2.45, 2.75) is 4.90 Å². The molecule has 0 saturated carbocycles. The van der Waals surface area contributed by atoms with Crippen LogP contribution in [0.25, 0.3) is 0 Å². The number of hydrogen-bond acceptors (Lipinski definition) is 7. The molecule has 25 heavy (non-hydrogen) atoms. The molecule has 10 nitrogen and oxygen atoms in total. The fourth-order valence-corrected chi connectivity index (χ4v) is 3.16. The molecule has 0 aliphatic carbocycles. The minimum Gasteiger partial charge on any atom is -0.494 e. The van der Waals surface area contributed by atoms with E-state index in [2.05, 4.69) is 4.72 Å². The van der Waals surface area contributed by atoms with Crippen LogP contribution < -0.4 is 9.46 Å². The Labute approximate surface area is 146 Å². The molecule has 0 radical (unpaired) electrons. The highest BCUT2D eigenvalue weighted by Gasteiger charge is 2.22. The van der Waals surface area contributed by atoms with Crippen LogP contribution in [0, 0.1) is 20.2 Å². The van der Waals surface area contributed by atoms with Crippen LogP contribution in [0.3, 0.4) is 0 Å². The zero-order chi connectivity index (χ0) is 18.8. The van der Waals surface area contributed by atoms with E-state index in [0.717, 1.165) is 36.4 Å². The number of sulfonamides is 1. The monoisotopic (exact) mass is 387 g/mol. The van der Waals surface area contributed by atoms with E-state index >= 15 is 0 Å². The van der Waals surface area contributed by atoms with Crippen LogP contribution in [0.15, 0.2) is 41.3 Å². The van der Waals surface area contributed by atoms with Crippen LogP contribution >= 0.6 is 11.6 Å². The number of nitro groups is 2. The maximum atomic E-state index is 12.4. The van der Waals surface area contributed by atoms with Crippen LogP contribution in [-0.4, -0.2) is 25.4 Å². The van der Waals surface area contributed by atoms with E-state index in [1.807, 2.05) is 0 Å². The smallest absolute Gasteiger partial charge is 0.289 e. The van der Waals surface area contributed by atoms with Crippen molar-refractivity contribution in [1.29, 1.82) is 0 Å². The molecule has 0 heterocycles. The number of halogens is 1. The topological polar surface area (TPSA) is 142 Å². The zero-order valence-electron chi connectivity index (χ0n) is 12.5. The van der Waals surface area contributed by atoms with Gasteiger partial charge in [-0.25, -0.2) is 8.42 Å². The standard InChI is InChI=1S/C13H10ClN3O7S/c1-24-13-6-8(16(18)19)2-5-11(13)15-25(22,23)9-3-4-10(14)12(7-9)17(20)21/h2-7,15H,1H3. The molecule has 0 bridgehead atoms. The van der Waals surface area contributed by atoms with Crippen molar-refractivity contribution >= 4 is 38.7 Å². The van der Waals surface area contributed by atoms with Gasteiger partial charge < -0.3 is 4.74 Å². The molecule has 12 heteroatoms. The first-order chi connectivity index (χ1) is 11.7. The molecule has 0 aliphatic rings. The maximum Gasteiger partial charge on any atom is 0.289 e. The lowest BCUT2D eigenvalue weighted by molar-refractivity contribution is -0.385. The van der Waals surface area contributed by atoms with E-state index < -0.39 is 30.5 Å². The Balaban J connectivity index is 2.44. The van der Waals surface area contributed by atoms with E-state index in [-0.39, 0.29) is 22.1 Å². The quantitative estimate of drug-likeness (QED) is 0.592. The molecule has 1 N–H and O–H groups in total. The van der Waals surface area contributed by atoms with Crippen LogP contribution in [0.1, 0.15) is 0 Å². The molecule has 0 spiro atoms. The molecular formula is C13H10ClN3O7S. The molecule has 132 valence electrons. The summed E-state index contributed by atoms with van der Waals surface area (Å²) >= 11 is 5.66. The van der Waals surface area contributed by atoms with Crippen molar-refractivity contribution in [2.24, 2.45) is 0 Å². The molecule has 0 aromatic heterocycles. The average Bonchev–Trinajstić information content (AvgIpc) is 2.54. The molecule has 2 rings (SSSR count). The van der Waals surface area contributed by atoms with E-state index in [1.54, 1.807) is 0 Å². The Bertz CT molecular complexity index is 962. The number of methoxy groups -OCH3 is 1. The van der Waals surface area contributed by atoms with Gasteiger partial charge >= 0.3 is 0 Å².